The van der Waals surface area contributed by atoms with Gasteiger partial charge in [-0.05, 0) is 49.1 Å². The Hall–Kier alpha value is -3.48. The number of rotatable bonds is 6. The zero-order valence-electron chi connectivity index (χ0n) is 17.2. The van der Waals surface area contributed by atoms with Crippen LogP contribution in [-0.2, 0) is 16.0 Å². The van der Waals surface area contributed by atoms with Gasteiger partial charge in [-0.2, -0.15) is 5.10 Å². The van der Waals surface area contributed by atoms with Crippen LogP contribution < -0.4 is 5.32 Å². The van der Waals surface area contributed by atoms with Gasteiger partial charge < -0.3 is 10.2 Å². The molecule has 1 N–H and O–H groups in total. The fourth-order valence-electron chi connectivity index (χ4n) is 3.81. The van der Waals surface area contributed by atoms with Gasteiger partial charge in [-0.25, -0.2) is 9.67 Å². The minimum atomic E-state index is -0.172. The number of para-hydroxylation sites is 1. The molecule has 2 heterocycles. The lowest BCUT2D eigenvalue weighted by Crippen LogP contribution is -2.33. The molecule has 3 aromatic rings. The molecule has 2 amide bonds. The number of carbonyl (C=O) groups is 2. The Labute approximate surface area is 175 Å². The van der Waals surface area contributed by atoms with E-state index in [0.717, 1.165) is 22.5 Å². The lowest BCUT2D eigenvalue weighted by atomic mass is 9.89. The molecule has 7 heteroatoms. The average Bonchev–Trinajstić information content (AvgIpc) is 3.31. The summed E-state index contributed by atoms with van der Waals surface area (Å²) in [6, 6.07) is 15.7. The van der Waals surface area contributed by atoms with Gasteiger partial charge in [0, 0.05) is 25.1 Å². The molecule has 0 fully saturated rings. The normalized spacial score (nSPS) is 16.5. The molecule has 2 unspecified atom stereocenters. The minimum absolute atomic E-state index is 0.000835. The SMILES string of the molecule is CC(c1ccc(-n2cncn2)cc1)N(C)C(=O)CCC1Cc2ccccc2NC1=O. The molecule has 0 saturated carbocycles. The summed E-state index contributed by atoms with van der Waals surface area (Å²) in [5.74, 6) is -0.134. The van der Waals surface area contributed by atoms with E-state index in [2.05, 4.69) is 15.4 Å². The van der Waals surface area contributed by atoms with Crippen LogP contribution in [0.1, 0.15) is 36.9 Å². The van der Waals surface area contributed by atoms with E-state index in [1.165, 1.54) is 6.33 Å². The van der Waals surface area contributed by atoms with Gasteiger partial charge in [0.1, 0.15) is 12.7 Å². The third kappa shape index (κ3) is 4.10. The molecule has 2 aromatic carbocycles. The Morgan fingerprint density at radius 2 is 2.00 bits per heavy atom. The lowest BCUT2D eigenvalue weighted by Gasteiger charge is -2.28. The van der Waals surface area contributed by atoms with E-state index >= 15 is 0 Å². The number of hydrogen-bond donors (Lipinski definition) is 1. The van der Waals surface area contributed by atoms with Crippen LogP contribution in [0.3, 0.4) is 0 Å². The van der Waals surface area contributed by atoms with Gasteiger partial charge in [-0.1, -0.05) is 30.3 Å². The maximum Gasteiger partial charge on any atom is 0.227 e. The Morgan fingerprint density at radius 1 is 1.23 bits per heavy atom. The summed E-state index contributed by atoms with van der Waals surface area (Å²) in [5, 5.41) is 7.07. The predicted octanol–water partition coefficient (Wildman–Crippen LogP) is 3.38. The van der Waals surface area contributed by atoms with Gasteiger partial charge in [0.2, 0.25) is 11.8 Å². The zero-order chi connectivity index (χ0) is 21.1. The number of nitrogens with one attached hydrogen (secondary N) is 1. The summed E-state index contributed by atoms with van der Waals surface area (Å²) in [4.78, 5) is 30.9. The zero-order valence-corrected chi connectivity index (χ0v) is 17.2. The fourth-order valence-corrected chi connectivity index (χ4v) is 3.81. The molecule has 0 aliphatic carbocycles. The second kappa shape index (κ2) is 8.49. The van der Waals surface area contributed by atoms with Crippen molar-refractivity contribution < 1.29 is 9.59 Å². The number of nitrogens with zero attached hydrogens (tertiary/aromatic N) is 4. The molecular formula is C23H25N5O2. The van der Waals surface area contributed by atoms with Crippen LogP contribution in [0.5, 0.6) is 0 Å². The first-order valence-electron chi connectivity index (χ1n) is 10.1. The monoisotopic (exact) mass is 403 g/mol. The van der Waals surface area contributed by atoms with Crippen molar-refractivity contribution in [2.75, 3.05) is 12.4 Å². The van der Waals surface area contributed by atoms with Crippen molar-refractivity contribution in [1.82, 2.24) is 19.7 Å². The molecule has 4 rings (SSSR count). The van der Waals surface area contributed by atoms with Gasteiger partial charge >= 0.3 is 0 Å². The van der Waals surface area contributed by atoms with E-state index in [-0.39, 0.29) is 23.8 Å². The first-order chi connectivity index (χ1) is 14.5. The van der Waals surface area contributed by atoms with Crippen molar-refractivity contribution in [2.24, 2.45) is 5.92 Å². The molecular weight excluding hydrogens is 378 g/mol. The third-order valence-electron chi connectivity index (χ3n) is 5.85. The highest BCUT2D eigenvalue weighted by molar-refractivity contribution is 5.96. The standard InChI is InChI=1S/C23H25N5O2/c1-16(17-7-10-20(11-8-17)28-15-24-14-25-28)27(2)22(29)12-9-19-13-18-5-3-4-6-21(18)26-23(19)30/h3-8,10-11,14-16,19H,9,12-13H2,1-2H3,(H,26,30). The van der Waals surface area contributed by atoms with Crippen molar-refractivity contribution in [3.05, 3.63) is 72.3 Å². The number of carbonyl (C=O) groups excluding carboxylic acids is 2. The van der Waals surface area contributed by atoms with Crippen molar-refractivity contribution in [1.29, 1.82) is 0 Å². The van der Waals surface area contributed by atoms with Crippen molar-refractivity contribution in [3.63, 3.8) is 0 Å². The van der Waals surface area contributed by atoms with Crippen LogP contribution in [-0.4, -0.2) is 38.5 Å². The summed E-state index contributed by atoms with van der Waals surface area (Å²) in [5.41, 5.74) is 3.97. The summed E-state index contributed by atoms with van der Waals surface area (Å²) in [6.45, 7) is 2.01. The van der Waals surface area contributed by atoms with Gasteiger partial charge in [-0.15, -0.1) is 0 Å². The van der Waals surface area contributed by atoms with Crippen LogP contribution in [0, 0.1) is 5.92 Å². The second-order valence-corrected chi connectivity index (χ2v) is 7.70. The Morgan fingerprint density at radius 3 is 2.73 bits per heavy atom. The number of aromatic nitrogens is 3. The molecule has 7 nitrogen and oxygen atoms in total. The van der Waals surface area contributed by atoms with E-state index < -0.39 is 0 Å². The summed E-state index contributed by atoms with van der Waals surface area (Å²) in [6.07, 6.45) is 4.71. The van der Waals surface area contributed by atoms with E-state index in [0.29, 0.717) is 19.3 Å². The van der Waals surface area contributed by atoms with Gasteiger partial charge in [0.15, 0.2) is 0 Å². The van der Waals surface area contributed by atoms with Gasteiger partial charge in [-0.3, -0.25) is 9.59 Å². The van der Waals surface area contributed by atoms with Crippen molar-refractivity contribution in [2.45, 2.75) is 32.2 Å². The van der Waals surface area contributed by atoms with Gasteiger partial charge in [0.25, 0.3) is 0 Å². The lowest BCUT2D eigenvalue weighted by molar-refractivity contribution is -0.132. The summed E-state index contributed by atoms with van der Waals surface area (Å²) in [7, 11) is 1.81. The molecule has 1 aliphatic rings. The van der Waals surface area contributed by atoms with Crippen LogP contribution in [0.15, 0.2) is 61.2 Å². The van der Waals surface area contributed by atoms with Crippen LogP contribution in [0.2, 0.25) is 0 Å². The summed E-state index contributed by atoms with van der Waals surface area (Å²) >= 11 is 0. The average molecular weight is 403 g/mol. The molecule has 0 saturated heterocycles. The Kier molecular flexibility index (Phi) is 5.61. The minimum Gasteiger partial charge on any atom is -0.339 e. The molecule has 1 aromatic heterocycles. The van der Waals surface area contributed by atoms with E-state index in [4.69, 9.17) is 0 Å². The molecule has 0 bridgehead atoms. The fraction of sp³-hybridized carbons (Fsp3) is 0.304. The number of hydrogen-bond acceptors (Lipinski definition) is 4. The van der Waals surface area contributed by atoms with Crippen LogP contribution >= 0.6 is 0 Å². The number of benzene rings is 2. The highest BCUT2D eigenvalue weighted by Crippen LogP contribution is 2.28. The maximum atomic E-state index is 12.8. The first-order valence-corrected chi connectivity index (χ1v) is 10.1. The quantitative estimate of drug-likeness (QED) is 0.684. The third-order valence-corrected chi connectivity index (χ3v) is 5.85. The molecule has 30 heavy (non-hydrogen) atoms. The topological polar surface area (TPSA) is 80.1 Å². The highest BCUT2D eigenvalue weighted by atomic mass is 16.2. The molecule has 2 atom stereocenters. The van der Waals surface area contributed by atoms with E-state index in [1.807, 2.05) is 62.5 Å². The van der Waals surface area contributed by atoms with Crippen molar-refractivity contribution in [3.8, 4) is 5.69 Å². The molecule has 0 radical (unpaired) electrons. The van der Waals surface area contributed by atoms with Crippen LogP contribution in [0.25, 0.3) is 5.69 Å². The number of fused-ring (bicyclic) bond motifs is 1. The smallest absolute Gasteiger partial charge is 0.227 e. The van der Waals surface area contributed by atoms with E-state index in [1.54, 1.807) is 15.9 Å². The van der Waals surface area contributed by atoms with Gasteiger partial charge in [0.05, 0.1) is 11.7 Å². The number of anilines is 1. The molecule has 0 spiro atoms. The Bertz CT molecular complexity index is 1030. The maximum absolute atomic E-state index is 12.8. The Balaban J connectivity index is 1.35. The molecule has 1 aliphatic heterocycles. The van der Waals surface area contributed by atoms with Crippen LogP contribution in [0.4, 0.5) is 5.69 Å². The highest BCUT2D eigenvalue weighted by Gasteiger charge is 2.27. The summed E-state index contributed by atoms with van der Waals surface area (Å²) < 4.78 is 1.69. The van der Waals surface area contributed by atoms with Crippen molar-refractivity contribution >= 4 is 17.5 Å². The molecule has 154 valence electrons. The predicted molar refractivity (Wildman–Crippen MR) is 114 cm³/mol. The number of amides is 2. The first kappa shape index (κ1) is 19.8. The second-order valence-electron chi connectivity index (χ2n) is 7.70. The van der Waals surface area contributed by atoms with E-state index in [9.17, 15) is 9.59 Å². The largest absolute Gasteiger partial charge is 0.339 e.